The summed E-state index contributed by atoms with van der Waals surface area (Å²) in [6.45, 7) is 3.53. The first-order chi connectivity index (χ1) is 8.86. The molecule has 0 radical (unpaired) electrons. The van der Waals surface area contributed by atoms with Crippen molar-refractivity contribution < 1.29 is 19.1 Å². The zero-order chi connectivity index (χ0) is 13.8. The average Bonchev–Trinajstić information content (AvgIpc) is 2.91. The molecule has 2 N–H and O–H groups in total. The number of esters is 2. The summed E-state index contributed by atoms with van der Waals surface area (Å²) in [6, 6.07) is 0. The fraction of sp³-hybridized carbons (Fsp3) is 0.583. The first-order valence-electron chi connectivity index (χ1n) is 6.02. The lowest BCUT2D eigenvalue weighted by Gasteiger charge is -2.20. The van der Waals surface area contributed by atoms with Crippen LogP contribution in [0.25, 0.3) is 0 Å². The van der Waals surface area contributed by atoms with Gasteiger partial charge in [0.15, 0.2) is 16.1 Å². The van der Waals surface area contributed by atoms with Gasteiger partial charge in [-0.1, -0.05) is 0 Å². The van der Waals surface area contributed by atoms with Crippen molar-refractivity contribution in [3.8, 4) is 0 Å². The maximum Gasteiger partial charge on any atom is 0.324 e. The highest BCUT2D eigenvalue weighted by atomic mass is 32.1. The van der Waals surface area contributed by atoms with E-state index in [1.165, 1.54) is 11.3 Å². The summed E-state index contributed by atoms with van der Waals surface area (Å²) in [5.41, 5.74) is 4.12. The highest BCUT2D eigenvalue weighted by Crippen LogP contribution is 2.52. The van der Waals surface area contributed by atoms with E-state index in [0.717, 1.165) is 0 Å². The Kier molecular flexibility index (Phi) is 2.41. The van der Waals surface area contributed by atoms with Crippen molar-refractivity contribution in [3.63, 3.8) is 0 Å². The zero-order valence-corrected chi connectivity index (χ0v) is 11.5. The largest absolute Gasteiger partial charge is 0.462 e. The van der Waals surface area contributed by atoms with Crippen molar-refractivity contribution in [1.82, 2.24) is 4.98 Å². The van der Waals surface area contributed by atoms with Gasteiger partial charge in [-0.05, 0) is 13.8 Å². The summed E-state index contributed by atoms with van der Waals surface area (Å²) in [7, 11) is 0. The molecular formula is C12H14N2O4S. The summed E-state index contributed by atoms with van der Waals surface area (Å²) in [5.74, 6) is -1.01. The van der Waals surface area contributed by atoms with E-state index >= 15 is 0 Å². The molecule has 7 heteroatoms. The lowest BCUT2D eigenvalue weighted by Crippen LogP contribution is -2.31. The van der Waals surface area contributed by atoms with E-state index in [4.69, 9.17) is 15.2 Å². The predicted molar refractivity (Wildman–Crippen MR) is 67.2 cm³/mol. The SMILES string of the molecule is C[C@@H]1C[C@]2(C[C@](C)(c3csc(N)n3)OC2=O)C(=O)O1. The number of hydrogen-bond acceptors (Lipinski definition) is 7. The molecule has 2 aliphatic heterocycles. The lowest BCUT2D eigenvalue weighted by molar-refractivity contribution is -0.160. The molecule has 0 saturated carbocycles. The van der Waals surface area contributed by atoms with Gasteiger partial charge in [-0.15, -0.1) is 11.3 Å². The molecule has 0 aromatic carbocycles. The number of aromatic nitrogens is 1. The molecule has 2 aliphatic rings. The number of ether oxygens (including phenoxy) is 2. The number of thiazole rings is 1. The molecule has 0 amide bonds. The van der Waals surface area contributed by atoms with Crippen LogP contribution in [0.2, 0.25) is 0 Å². The molecule has 3 atom stereocenters. The van der Waals surface area contributed by atoms with Crippen LogP contribution in [-0.4, -0.2) is 23.0 Å². The fourth-order valence-corrected chi connectivity index (χ4v) is 3.57. The number of carbonyl (C=O) groups is 2. The Morgan fingerprint density at radius 1 is 1.47 bits per heavy atom. The Hall–Kier alpha value is -1.63. The maximum atomic E-state index is 12.2. The lowest BCUT2D eigenvalue weighted by atomic mass is 9.78. The maximum absolute atomic E-state index is 12.2. The Labute approximate surface area is 113 Å². The van der Waals surface area contributed by atoms with E-state index in [9.17, 15) is 9.59 Å². The van der Waals surface area contributed by atoms with E-state index in [0.29, 0.717) is 17.2 Å². The molecule has 0 aliphatic carbocycles. The van der Waals surface area contributed by atoms with Gasteiger partial charge in [-0.3, -0.25) is 9.59 Å². The van der Waals surface area contributed by atoms with E-state index in [-0.39, 0.29) is 12.5 Å². The van der Waals surface area contributed by atoms with Gasteiger partial charge in [-0.2, -0.15) is 0 Å². The minimum absolute atomic E-state index is 0.255. The van der Waals surface area contributed by atoms with Gasteiger partial charge < -0.3 is 15.2 Å². The number of hydrogen-bond donors (Lipinski definition) is 1. The summed E-state index contributed by atoms with van der Waals surface area (Å²) < 4.78 is 10.6. The van der Waals surface area contributed by atoms with Gasteiger partial charge in [0.05, 0.1) is 5.69 Å². The van der Waals surface area contributed by atoms with E-state index in [1.807, 2.05) is 0 Å². The number of nitrogens with two attached hydrogens (primary N) is 1. The van der Waals surface area contributed by atoms with Gasteiger partial charge in [0, 0.05) is 18.2 Å². The fourth-order valence-electron chi connectivity index (χ4n) is 2.88. The molecule has 102 valence electrons. The Balaban J connectivity index is 1.98. The molecule has 0 unspecified atom stereocenters. The van der Waals surface area contributed by atoms with Gasteiger partial charge in [0.1, 0.15) is 6.10 Å². The molecule has 2 fully saturated rings. The second-order valence-electron chi connectivity index (χ2n) is 5.37. The summed E-state index contributed by atoms with van der Waals surface area (Å²) in [4.78, 5) is 28.3. The first-order valence-corrected chi connectivity index (χ1v) is 6.90. The average molecular weight is 282 g/mol. The van der Waals surface area contributed by atoms with Gasteiger partial charge >= 0.3 is 11.9 Å². The minimum atomic E-state index is -1.17. The van der Waals surface area contributed by atoms with Crippen molar-refractivity contribution >= 4 is 28.4 Å². The van der Waals surface area contributed by atoms with Gasteiger partial charge in [-0.25, -0.2) is 4.98 Å². The van der Waals surface area contributed by atoms with Crippen molar-refractivity contribution in [1.29, 1.82) is 0 Å². The number of carbonyl (C=O) groups excluding carboxylic acids is 2. The van der Waals surface area contributed by atoms with Crippen LogP contribution in [0.3, 0.4) is 0 Å². The molecule has 3 heterocycles. The minimum Gasteiger partial charge on any atom is -0.462 e. The third kappa shape index (κ3) is 1.64. The highest BCUT2D eigenvalue weighted by molar-refractivity contribution is 7.13. The Bertz CT molecular complexity index is 572. The standard InChI is InChI=1S/C12H14N2O4S/c1-6-3-12(8(15)17-6)5-11(2,18-9(12)16)7-4-19-10(13)14-7/h4,6H,3,5H2,1-2H3,(H2,13,14)/t6-,11-,12+/m1/s1. The molecule has 1 spiro atoms. The molecular weight excluding hydrogens is 268 g/mol. The summed E-state index contributed by atoms with van der Waals surface area (Å²) in [6.07, 6.45) is 0.355. The summed E-state index contributed by atoms with van der Waals surface area (Å²) >= 11 is 1.28. The zero-order valence-electron chi connectivity index (χ0n) is 10.6. The third-order valence-corrected chi connectivity index (χ3v) is 4.42. The highest BCUT2D eigenvalue weighted by Gasteiger charge is 2.65. The van der Waals surface area contributed by atoms with Crippen LogP contribution in [0, 0.1) is 5.41 Å². The van der Waals surface area contributed by atoms with Crippen molar-refractivity contribution in [2.24, 2.45) is 5.41 Å². The number of nitrogens with zero attached hydrogens (tertiary/aromatic N) is 1. The molecule has 0 bridgehead atoms. The van der Waals surface area contributed by atoms with Crippen molar-refractivity contribution in [3.05, 3.63) is 11.1 Å². The normalized spacial score (nSPS) is 37.7. The van der Waals surface area contributed by atoms with Crippen LogP contribution in [0.15, 0.2) is 5.38 Å². The predicted octanol–water partition coefficient (Wildman–Crippen LogP) is 1.21. The third-order valence-electron chi connectivity index (χ3n) is 3.75. The van der Waals surface area contributed by atoms with Crippen LogP contribution in [-0.2, 0) is 24.7 Å². The van der Waals surface area contributed by atoms with Gasteiger partial charge in [0.2, 0.25) is 0 Å². The molecule has 6 nitrogen and oxygen atoms in total. The van der Waals surface area contributed by atoms with Crippen LogP contribution in [0.4, 0.5) is 5.13 Å². The topological polar surface area (TPSA) is 91.5 Å². The molecule has 2 saturated heterocycles. The van der Waals surface area contributed by atoms with Crippen LogP contribution in [0.1, 0.15) is 32.4 Å². The smallest absolute Gasteiger partial charge is 0.324 e. The first kappa shape index (κ1) is 12.4. The van der Waals surface area contributed by atoms with Crippen molar-refractivity contribution in [2.45, 2.75) is 38.4 Å². The van der Waals surface area contributed by atoms with E-state index < -0.39 is 23.0 Å². The Morgan fingerprint density at radius 3 is 2.74 bits per heavy atom. The molecule has 1 aromatic rings. The Morgan fingerprint density at radius 2 is 2.21 bits per heavy atom. The number of rotatable bonds is 1. The van der Waals surface area contributed by atoms with Gasteiger partial charge in [0.25, 0.3) is 0 Å². The van der Waals surface area contributed by atoms with Crippen molar-refractivity contribution in [2.75, 3.05) is 5.73 Å². The number of nitrogen functional groups attached to an aromatic ring is 1. The molecule has 3 rings (SSSR count). The second kappa shape index (κ2) is 3.69. The van der Waals surface area contributed by atoms with Crippen LogP contribution in [0.5, 0.6) is 0 Å². The molecule has 1 aromatic heterocycles. The number of anilines is 1. The van der Waals surface area contributed by atoms with Crippen LogP contribution < -0.4 is 5.73 Å². The van der Waals surface area contributed by atoms with Crippen LogP contribution >= 0.6 is 11.3 Å². The monoisotopic (exact) mass is 282 g/mol. The molecule has 19 heavy (non-hydrogen) atoms. The van der Waals surface area contributed by atoms with E-state index in [1.54, 1.807) is 19.2 Å². The number of cyclic esters (lactones) is 2. The summed E-state index contributed by atoms with van der Waals surface area (Å²) in [5, 5.41) is 2.17. The quantitative estimate of drug-likeness (QED) is 0.615. The second-order valence-corrected chi connectivity index (χ2v) is 6.26. The van der Waals surface area contributed by atoms with E-state index in [2.05, 4.69) is 4.98 Å².